The van der Waals surface area contributed by atoms with Gasteiger partial charge < -0.3 is 5.11 Å². The minimum absolute atomic E-state index is 0.0205. The predicted octanol–water partition coefficient (Wildman–Crippen LogP) is 1.06. The fourth-order valence-electron chi connectivity index (χ4n) is 1.08. The quantitative estimate of drug-likeness (QED) is 0.858. The van der Waals surface area contributed by atoms with E-state index in [1.807, 2.05) is 0 Å². The summed E-state index contributed by atoms with van der Waals surface area (Å²) in [5.41, 5.74) is 0.0205. The molecule has 0 aromatic carbocycles. The van der Waals surface area contributed by atoms with Crippen LogP contribution in [0.25, 0.3) is 0 Å². The Morgan fingerprint density at radius 2 is 2.31 bits per heavy atom. The van der Waals surface area contributed by atoms with Gasteiger partial charge in [0.05, 0.1) is 0 Å². The maximum atomic E-state index is 10.7. The SMILES string of the molecule is Cn1ncnc1Sc1ccnc(C(=O)O)c1. The number of pyridine rings is 1. The molecule has 0 atom stereocenters. The molecule has 0 fully saturated rings. The molecule has 0 saturated carbocycles. The van der Waals surface area contributed by atoms with Crippen LogP contribution in [0.5, 0.6) is 0 Å². The molecule has 82 valence electrons. The molecule has 0 aliphatic heterocycles. The standard InChI is InChI=1S/C9H8N4O2S/c1-13-9(11-5-12-13)16-6-2-3-10-7(4-6)8(14)15/h2-5H,1H3,(H,14,15). The van der Waals surface area contributed by atoms with E-state index in [9.17, 15) is 4.79 Å². The van der Waals surface area contributed by atoms with Crippen LogP contribution in [0.4, 0.5) is 0 Å². The average Bonchev–Trinajstić information content (AvgIpc) is 2.65. The van der Waals surface area contributed by atoms with Crippen LogP contribution >= 0.6 is 11.8 Å². The number of hydrogen-bond donors (Lipinski definition) is 1. The second kappa shape index (κ2) is 4.31. The van der Waals surface area contributed by atoms with Gasteiger partial charge in [-0.2, -0.15) is 5.10 Å². The lowest BCUT2D eigenvalue weighted by molar-refractivity contribution is 0.0690. The Kier molecular flexibility index (Phi) is 2.86. The van der Waals surface area contributed by atoms with Crippen molar-refractivity contribution in [3.05, 3.63) is 30.4 Å². The third kappa shape index (κ3) is 2.19. The lowest BCUT2D eigenvalue weighted by Gasteiger charge is -2.00. The van der Waals surface area contributed by atoms with E-state index in [0.717, 1.165) is 4.90 Å². The number of rotatable bonds is 3. The summed E-state index contributed by atoms with van der Waals surface area (Å²) < 4.78 is 1.62. The van der Waals surface area contributed by atoms with Gasteiger partial charge in [-0.25, -0.2) is 19.4 Å². The molecule has 2 aromatic heterocycles. The first-order valence-electron chi connectivity index (χ1n) is 4.38. The molecule has 0 spiro atoms. The van der Waals surface area contributed by atoms with E-state index in [1.54, 1.807) is 17.8 Å². The summed E-state index contributed by atoms with van der Waals surface area (Å²) >= 11 is 1.34. The van der Waals surface area contributed by atoms with Gasteiger partial charge in [0.2, 0.25) is 0 Å². The van der Waals surface area contributed by atoms with E-state index < -0.39 is 5.97 Å². The minimum atomic E-state index is -1.04. The van der Waals surface area contributed by atoms with Crippen molar-refractivity contribution in [3.8, 4) is 0 Å². The van der Waals surface area contributed by atoms with Gasteiger partial charge in [0.15, 0.2) is 5.16 Å². The topological polar surface area (TPSA) is 80.9 Å². The molecule has 0 saturated heterocycles. The molecule has 6 nitrogen and oxygen atoms in total. The highest BCUT2D eigenvalue weighted by Crippen LogP contribution is 2.24. The molecule has 2 aromatic rings. The summed E-state index contributed by atoms with van der Waals surface area (Å²) in [6.07, 6.45) is 2.91. The second-order valence-electron chi connectivity index (χ2n) is 2.95. The molecule has 1 N–H and O–H groups in total. The van der Waals surface area contributed by atoms with E-state index in [2.05, 4.69) is 15.1 Å². The highest BCUT2D eigenvalue weighted by molar-refractivity contribution is 7.99. The summed E-state index contributed by atoms with van der Waals surface area (Å²) in [7, 11) is 1.77. The number of carbonyl (C=O) groups is 1. The monoisotopic (exact) mass is 236 g/mol. The number of aryl methyl sites for hydroxylation is 1. The van der Waals surface area contributed by atoms with Gasteiger partial charge in [-0.05, 0) is 12.1 Å². The van der Waals surface area contributed by atoms with Crippen molar-refractivity contribution in [2.75, 3.05) is 0 Å². The summed E-state index contributed by atoms with van der Waals surface area (Å²) in [5.74, 6) is -1.04. The van der Waals surface area contributed by atoms with E-state index in [0.29, 0.717) is 5.16 Å². The molecule has 7 heteroatoms. The minimum Gasteiger partial charge on any atom is -0.477 e. The predicted molar refractivity (Wildman–Crippen MR) is 56.3 cm³/mol. The van der Waals surface area contributed by atoms with Crippen LogP contribution in [-0.2, 0) is 7.05 Å². The Labute approximate surface area is 95.3 Å². The summed E-state index contributed by atoms with van der Waals surface area (Å²) in [6, 6.07) is 3.23. The molecular weight excluding hydrogens is 228 g/mol. The van der Waals surface area contributed by atoms with Crippen LogP contribution in [0, 0.1) is 0 Å². The van der Waals surface area contributed by atoms with Crippen molar-refractivity contribution in [1.82, 2.24) is 19.7 Å². The van der Waals surface area contributed by atoms with Crippen molar-refractivity contribution in [1.29, 1.82) is 0 Å². The Morgan fingerprint density at radius 3 is 2.94 bits per heavy atom. The van der Waals surface area contributed by atoms with Crippen molar-refractivity contribution in [2.24, 2.45) is 7.05 Å². The number of carboxylic acid groups (broad SMARTS) is 1. The number of hydrogen-bond acceptors (Lipinski definition) is 5. The molecule has 2 heterocycles. The zero-order chi connectivity index (χ0) is 11.5. The van der Waals surface area contributed by atoms with Crippen LogP contribution in [0.15, 0.2) is 34.7 Å². The van der Waals surface area contributed by atoms with Crippen LogP contribution in [-0.4, -0.2) is 30.8 Å². The first-order chi connectivity index (χ1) is 7.66. The van der Waals surface area contributed by atoms with Crippen LogP contribution in [0.3, 0.4) is 0 Å². The Bertz CT molecular complexity index is 526. The number of aromatic nitrogens is 4. The van der Waals surface area contributed by atoms with Crippen LogP contribution in [0.2, 0.25) is 0 Å². The van der Waals surface area contributed by atoms with Crippen molar-refractivity contribution < 1.29 is 9.90 Å². The average molecular weight is 236 g/mol. The largest absolute Gasteiger partial charge is 0.477 e. The molecule has 0 amide bonds. The molecule has 0 aliphatic rings. The van der Waals surface area contributed by atoms with Gasteiger partial charge in [0.25, 0.3) is 0 Å². The highest BCUT2D eigenvalue weighted by Gasteiger charge is 2.08. The van der Waals surface area contributed by atoms with Gasteiger partial charge >= 0.3 is 5.97 Å². The second-order valence-corrected chi connectivity index (χ2v) is 3.99. The van der Waals surface area contributed by atoms with E-state index in [4.69, 9.17) is 5.11 Å². The molecule has 0 aliphatic carbocycles. The fraction of sp³-hybridized carbons (Fsp3) is 0.111. The summed E-state index contributed by atoms with van der Waals surface area (Å²) in [6.45, 7) is 0. The van der Waals surface area contributed by atoms with Crippen molar-refractivity contribution >= 4 is 17.7 Å². The van der Waals surface area contributed by atoms with E-state index in [1.165, 1.54) is 30.4 Å². The van der Waals surface area contributed by atoms with Gasteiger partial charge in [-0.1, -0.05) is 11.8 Å². The third-order valence-corrected chi connectivity index (χ3v) is 2.87. The zero-order valence-electron chi connectivity index (χ0n) is 8.36. The number of carboxylic acids is 1. The van der Waals surface area contributed by atoms with E-state index >= 15 is 0 Å². The molecule has 0 bridgehead atoms. The molecule has 16 heavy (non-hydrogen) atoms. The zero-order valence-corrected chi connectivity index (χ0v) is 9.18. The fourth-order valence-corrected chi connectivity index (χ4v) is 1.86. The Morgan fingerprint density at radius 1 is 1.50 bits per heavy atom. The molecule has 0 radical (unpaired) electrons. The van der Waals surface area contributed by atoms with Crippen LogP contribution < -0.4 is 0 Å². The van der Waals surface area contributed by atoms with Crippen molar-refractivity contribution in [2.45, 2.75) is 10.1 Å². The smallest absolute Gasteiger partial charge is 0.354 e. The Hall–Kier alpha value is -1.89. The van der Waals surface area contributed by atoms with Gasteiger partial charge in [-0.3, -0.25) is 0 Å². The number of nitrogens with zero attached hydrogens (tertiary/aromatic N) is 4. The highest BCUT2D eigenvalue weighted by atomic mass is 32.2. The first-order valence-corrected chi connectivity index (χ1v) is 5.19. The van der Waals surface area contributed by atoms with Crippen LogP contribution in [0.1, 0.15) is 10.5 Å². The molecule has 2 rings (SSSR count). The van der Waals surface area contributed by atoms with E-state index in [-0.39, 0.29) is 5.69 Å². The molecular formula is C9H8N4O2S. The third-order valence-electron chi connectivity index (χ3n) is 1.83. The lowest BCUT2D eigenvalue weighted by atomic mass is 10.4. The normalized spacial score (nSPS) is 10.3. The maximum Gasteiger partial charge on any atom is 0.354 e. The lowest BCUT2D eigenvalue weighted by Crippen LogP contribution is -1.99. The summed E-state index contributed by atoms with van der Waals surface area (Å²) in [4.78, 5) is 19.3. The van der Waals surface area contributed by atoms with Crippen molar-refractivity contribution in [3.63, 3.8) is 0 Å². The summed E-state index contributed by atoms with van der Waals surface area (Å²) in [5, 5.41) is 13.4. The van der Waals surface area contributed by atoms with Gasteiger partial charge in [0.1, 0.15) is 12.0 Å². The van der Waals surface area contributed by atoms with Gasteiger partial charge in [-0.15, -0.1) is 0 Å². The first kappa shape index (κ1) is 10.6. The Balaban J connectivity index is 2.25. The van der Waals surface area contributed by atoms with Gasteiger partial charge in [0, 0.05) is 18.1 Å². The maximum absolute atomic E-state index is 10.7. The molecule has 0 unspecified atom stereocenters. The number of aromatic carboxylic acids is 1.